The molecular weight excluding hydrogens is 366 g/mol. The lowest BCUT2D eigenvalue weighted by molar-refractivity contribution is 0.0552. The zero-order valence-electron chi connectivity index (χ0n) is 17.1. The summed E-state index contributed by atoms with van der Waals surface area (Å²) in [7, 11) is 1.62. The number of benzene rings is 3. The molecule has 0 aromatic heterocycles. The third-order valence-electron chi connectivity index (χ3n) is 4.79. The first-order chi connectivity index (χ1) is 13.9. The van der Waals surface area contributed by atoms with Crippen molar-refractivity contribution in [1.29, 1.82) is 0 Å². The number of hydrogen-bond acceptors (Lipinski definition) is 4. The first kappa shape index (κ1) is 20.7. The lowest BCUT2D eigenvalue weighted by Gasteiger charge is -2.24. The molecular formula is C24H27NO4. The van der Waals surface area contributed by atoms with E-state index in [9.17, 15) is 9.90 Å². The van der Waals surface area contributed by atoms with E-state index in [0.717, 1.165) is 22.1 Å². The van der Waals surface area contributed by atoms with E-state index in [0.29, 0.717) is 24.3 Å². The van der Waals surface area contributed by atoms with Gasteiger partial charge in [0.15, 0.2) is 0 Å². The average Bonchev–Trinajstić information content (AvgIpc) is 2.72. The molecule has 1 unspecified atom stereocenters. The zero-order chi connectivity index (χ0) is 20.9. The maximum atomic E-state index is 13.0. The molecule has 5 nitrogen and oxygen atoms in total. The van der Waals surface area contributed by atoms with E-state index in [4.69, 9.17) is 9.47 Å². The van der Waals surface area contributed by atoms with Gasteiger partial charge in [-0.05, 0) is 48.4 Å². The Kier molecular flexibility index (Phi) is 6.39. The molecule has 0 aliphatic carbocycles. The number of methoxy groups -OCH3 is 1. The van der Waals surface area contributed by atoms with Crippen LogP contribution in [-0.2, 0) is 6.42 Å². The second-order valence-electron chi connectivity index (χ2n) is 7.30. The van der Waals surface area contributed by atoms with Crippen LogP contribution in [0.3, 0.4) is 0 Å². The molecule has 3 aromatic carbocycles. The molecule has 0 radical (unpaired) electrons. The topological polar surface area (TPSA) is 67.8 Å². The van der Waals surface area contributed by atoms with Crippen molar-refractivity contribution in [1.82, 2.24) is 5.32 Å². The van der Waals surface area contributed by atoms with Gasteiger partial charge in [0.1, 0.15) is 11.5 Å². The Bertz CT molecular complexity index is 980. The van der Waals surface area contributed by atoms with E-state index < -0.39 is 5.60 Å². The molecule has 1 atom stereocenters. The number of hydrogen-bond donors (Lipinski definition) is 2. The van der Waals surface area contributed by atoms with Gasteiger partial charge in [0.25, 0.3) is 5.91 Å². The van der Waals surface area contributed by atoms with Crippen molar-refractivity contribution < 1.29 is 19.4 Å². The largest absolute Gasteiger partial charge is 0.497 e. The van der Waals surface area contributed by atoms with Crippen LogP contribution >= 0.6 is 0 Å². The summed E-state index contributed by atoms with van der Waals surface area (Å²) in [5.41, 5.74) is 0.357. The van der Waals surface area contributed by atoms with Crippen LogP contribution in [0.1, 0.15) is 29.8 Å². The fourth-order valence-electron chi connectivity index (χ4n) is 3.37. The summed E-state index contributed by atoms with van der Waals surface area (Å²) in [6.07, 6.45) is 0.408. The minimum Gasteiger partial charge on any atom is -0.497 e. The Labute approximate surface area is 171 Å². The van der Waals surface area contributed by atoms with E-state index >= 15 is 0 Å². The molecule has 0 saturated carbocycles. The van der Waals surface area contributed by atoms with Crippen LogP contribution < -0.4 is 14.8 Å². The first-order valence-corrected chi connectivity index (χ1v) is 9.71. The molecule has 29 heavy (non-hydrogen) atoms. The number of carbonyl (C=O) groups excluding carboxylic acids is 1. The van der Waals surface area contributed by atoms with Crippen LogP contribution in [-0.4, -0.2) is 36.9 Å². The number of carbonyl (C=O) groups is 1. The molecule has 2 N–H and O–H groups in total. The summed E-state index contributed by atoms with van der Waals surface area (Å²) in [5.74, 6) is 1.04. The molecule has 0 aliphatic rings. The van der Waals surface area contributed by atoms with Crippen molar-refractivity contribution in [3.8, 4) is 11.5 Å². The number of rotatable bonds is 8. The van der Waals surface area contributed by atoms with Crippen LogP contribution in [0.25, 0.3) is 10.8 Å². The van der Waals surface area contributed by atoms with Gasteiger partial charge >= 0.3 is 0 Å². The van der Waals surface area contributed by atoms with Crippen molar-refractivity contribution in [2.75, 3.05) is 20.3 Å². The number of ether oxygens (including phenoxy) is 2. The highest BCUT2D eigenvalue weighted by Gasteiger charge is 2.24. The van der Waals surface area contributed by atoms with Gasteiger partial charge in [0, 0.05) is 13.0 Å². The minimum atomic E-state index is -1.10. The highest BCUT2D eigenvalue weighted by Crippen LogP contribution is 2.28. The standard InChI is InChI=1S/C24H27NO4/c1-4-29-21-14-11-18-7-5-6-8-20(18)22(21)23(26)25-16-24(2,27)15-17-9-12-19(28-3)13-10-17/h5-14,27H,4,15-16H2,1-3H3,(H,25,26). The smallest absolute Gasteiger partial charge is 0.255 e. The first-order valence-electron chi connectivity index (χ1n) is 9.71. The summed E-state index contributed by atoms with van der Waals surface area (Å²) in [6.45, 7) is 4.18. The highest BCUT2D eigenvalue weighted by molar-refractivity contribution is 6.09. The monoisotopic (exact) mass is 393 g/mol. The summed E-state index contributed by atoms with van der Waals surface area (Å²) in [5, 5.41) is 15.5. The molecule has 3 rings (SSSR count). The van der Waals surface area contributed by atoms with Crippen molar-refractivity contribution >= 4 is 16.7 Å². The Hall–Kier alpha value is -3.05. The van der Waals surface area contributed by atoms with E-state index in [1.54, 1.807) is 14.0 Å². The molecule has 152 valence electrons. The van der Waals surface area contributed by atoms with Crippen LogP contribution in [0, 0.1) is 0 Å². The van der Waals surface area contributed by atoms with Gasteiger partial charge in [0.2, 0.25) is 0 Å². The molecule has 3 aromatic rings. The Morgan fingerprint density at radius 3 is 2.48 bits per heavy atom. The fraction of sp³-hybridized carbons (Fsp3) is 0.292. The molecule has 0 bridgehead atoms. The van der Waals surface area contributed by atoms with Gasteiger partial charge in [-0.3, -0.25) is 4.79 Å². The zero-order valence-corrected chi connectivity index (χ0v) is 17.1. The Balaban J connectivity index is 1.76. The number of amides is 1. The van der Waals surface area contributed by atoms with Gasteiger partial charge in [-0.25, -0.2) is 0 Å². The van der Waals surface area contributed by atoms with Crippen LogP contribution in [0.2, 0.25) is 0 Å². The molecule has 0 aliphatic heterocycles. The Morgan fingerprint density at radius 2 is 1.79 bits per heavy atom. The summed E-state index contributed by atoms with van der Waals surface area (Å²) < 4.78 is 10.8. The third-order valence-corrected chi connectivity index (χ3v) is 4.79. The maximum absolute atomic E-state index is 13.0. The molecule has 0 heterocycles. The van der Waals surface area contributed by atoms with Gasteiger partial charge < -0.3 is 19.9 Å². The molecule has 0 fully saturated rings. The highest BCUT2D eigenvalue weighted by atomic mass is 16.5. The predicted octanol–water partition coefficient (Wildman–Crippen LogP) is 3.97. The number of fused-ring (bicyclic) bond motifs is 1. The summed E-state index contributed by atoms with van der Waals surface area (Å²) in [4.78, 5) is 13.0. The average molecular weight is 393 g/mol. The minimum absolute atomic E-state index is 0.118. The van der Waals surface area contributed by atoms with Gasteiger partial charge in [0.05, 0.1) is 24.9 Å². The van der Waals surface area contributed by atoms with Gasteiger partial charge in [-0.15, -0.1) is 0 Å². The van der Waals surface area contributed by atoms with Crippen molar-refractivity contribution in [3.63, 3.8) is 0 Å². The fourth-order valence-corrected chi connectivity index (χ4v) is 3.37. The molecule has 0 spiro atoms. The number of nitrogens with one attached hydrogen (secondary N) is 1. The molecule has 5 heteroatoms. The SMILES string of the molecule is CCOc1ccc2ccccc2c1C(=O)NCC(C)(O)Cc1ccc(OC)cc1. The van der Waals surface area contributed by atoms with Crippen LogP contribution in [0.15, 0.2) is 60.7 Å². The van der Waals surface area contributed by atoms with Gasteiger partial charge in [-0.2, -0.15) is 0 Å². The lowest BCUT2D eigenvalue weighted by Crippen LogP contribution is -2.42. The van der Waals surface area contributed by atoms with Gasteiger partial charge in [-0.1, -0.05) is 42.5 Å². The van der Waals surface area contributed by atoms with E-state index in [1.807, 2.05) is 67.6 Å². The molecule has 1 amide bonds. The molecule has 0 saturated heterocycles. The third kappa shape index (κ3) is 5.06. The quantitative estimate of drug-likeness (QED) is 0.608. The second-order valence-corrected chi connectivity index (χ2v) is 7.30. The van der Waals surface area contributed by atoms with Crippen LogP contribution in [0.4, 0.5) is 0 Å². The summed E-state index contributed by atoms with van der Waals surface area (Å²) >= 11 is 0. The van der Waals surface area contributed by atoms with E-state index in [-0.39, 0.29) is 12.5 Å². The number of aliphatic hydroxyl groups is 1. The van der Waals surface area contributed by atoms with E-state index in [2.05, 4.69) is 5.32 Å². The summed E-state index contributed by atoms with van der Waals surface area (Å²) in [6, 6.07) is 19.0. The van der Waals surface area contributed by atoms with Crippen molar-refractivity contribution in [2.24, 2.45) is 0 Å². The predicted molar refractivity (Wildman–Crippen MR) is 115 cm³/mol. The second kappa shape index (κ2) is 8.97. The normalized spacial score (nSPS) is 13.0. The van der Waals surface area contributed by atoms with Crippen molar-refractivity contribution in [2.45, 2.75) is 25.9 Å². The van der Waals surface area contributed by atoms with Crippen molar-refractivity contribution in [3.05, 3.63) is 71.8 Å². The Morgan fingerprint density at radius 1 is 1.07 bits per heavy atom. The van der Waals surface area contributed by atoms with E-state index in [1.165, 1.54) is 0 Å². The maximum Gasteiger partial charge on any atom is 0.255 e. The lowest BCUT2D eigenvalue weighted by atomic mass is 9.96. The van der Waals surface area contributed by atoms with Crippen LogP contribution in [0.5, 0.6) is 11.5 Å².